The molecule has 24 heavy (non-hydrogen) atoms. The molecule has 1 heterocycles. The first-order chi connectivity index (χ1) is 11.6. The molecule has 0 radical (unpaired) electrons. The van der Waals surface area contributed by atoms with Crippen LogP contribution >= 0.6 is 0 Å². The first-order valence-electron chi connectivity index (χ1n) is 7.76. The number of ether oxygens (including phenoxy) is 2. The molecule has 1 aliphatic carbocycles. The van der Waals surface area contributed by atoms with Crippen LogP contribution in [0.5, 0.6) is 5.75 Å². The average molecular weight is 326 g/mol. The normalized spacial score (nSPS) is 25.0. The van der Waals surface area contributed by atoms with Gasteiger partial charge in [-0.2, -0.15) is 0 Å². The molecule has 0 fully saturated rings. The second-order valence-electron chi connectivity index (χ2n) is 6.05. The molecule has 0 amide bonds. The first-order valence-corrected chi connectivity index (χ1v) is 7.76. The molecule has 0 saturated heterocycles. The van der Waals surface area contributed by atoms with E-state index in [2.05, 4.69) is 0 Å². The fourth-order valence-electron chi connectivity index (χ4n) is 3.61. The molecular formula is C19H15FO4. The zero-order valence-corrected chi connectivity index (χ0v) is 13.0. The number of esters is 1. The highest BCUT2D eigenvalue weighted by Gasteiger charge is 2.55. The molecule has 1 aliphatic heterocycles. The third-order valence-corrected chi connectivity index (χ3v) is 4.82. The summed E-state index contributed by atoms with van der Waals surface area (Å²) in [6, 6.07) is 11.6. The average Bonchev–Trinajstić information content (AvgIpc) is 2.96. The number of methoxy groups -OCH3 is 1. The minimum absolute atomic E-state index is 0.0501. The predicted octanol–water partition coefficient (Wildman–Crippen LogP) is 3.44. The summed E-state index contributed by atoms with van der Waals surface area (Å²) in [4.78, 5) is 24.9. The minimum atomic E-state index is -2.26. The number of alkyl halides is 1. The van der Waals surface area contributed by atoms with E-state index >= 15 is 4.39 Å². The molecule has 0 aromatic heterocycles. The Kier molecular flexibility index (Phi) is 3.20. The van der Waals surface area contributed by atoms with Gasteiger partial charge in [-0.3, -0.25) is 4.79 Å². The fraction of sp³-hybridized carbons (Fsp3) is 0.263. The lowest BCUT2D eigenvalue weighted by Gasteiger charge is -2.34. The van der Waals surface area contributed by atoms with Crippen molar-refractivity contribution in [3.05, 3.63) is 64.7 Å². The van der Waals surface area contributed by atoms with Crippen molar-refractivity contribution in [2.45, 2.75) is 24.6 Å². The summed E-state index contributed by atoms with van der Waals surface area (Å²) in [7, 11) is 1.52. The van der Waals surface area contributed by atoms with Crippen molar-refractivity contribution in [3.63, 3.8) is 0 Å². The van der Waals surface area contributed by atoms with Gasteiger partial charge in [-0.05, 0) is 25.0 Å². The maximum Gasteiger partial charge on any atom is 0.339 e. The van der Waals surface area contributed by atoms with Gasteiger partial charge in [0.25, 0.3) is 0 Å². The van der Waals surface area contributed by atoms with Gasteiger partial charge in [0.05, 0.1) is 12.7 Å². The Bertz CT molecular complexity index is 860. The third-order valence-electron chi connectivity index (χ3n) is 4.82. The van der Waals surface area contributed by atoms with Crippen LogP contribution < -0.4 is 4.74 Å². The van der Waals surface area contributed by atoms with Gasteiger partial charge >= 0.3 is 5.97 Å². The van der Waals surface area contributed by atoms with Crippen LogP contribution in [-0.4, -0.2) is 24.5 Å². The predicted molar refractivity (Wildman–Crippen MR) is 84.1 cm³/mol. The number of ketones is 1. The molecule has 5 heteroatoms. The van der Waals surface area contributed by atoms with Crippen molar-refractivity contribution in [1.29, 1.82) is 0 Å². The highest BCUT2D eigenvalue weighted by molar-refractivity contribution is 6.07. The lowest BCUT2D eigenvalue weighted by atomic mass is 9.75. The summed E-state index contributed by atoms with van der Waals surface area (Å²) in [6.45, 7) is 0. The molecule has 0 bridgehead atoms. The summed E-state index contributed by atoms with van der Waals surface area (Å²) in [5.74, 6) is -0.666. The van der Waals surface area contributed by atoms with E-state index in [1.165, 1.54) is 7.11 Å². The van der Waals surface area contributed by atoms with E-state index < -0.39 is 23.5 Å². The van der Waals surface area contributed by atoms with Crippen molar-refractivity contribution in [3.8, 4) is 5.75 Å². The van der Waals surface area contributed by atoms with E-state index in [4.69, 9.17) is 9.47 Å². The van der Waals surface area contributed by atoms with Crippen molar-refractivity contribution in [2.75, 3.05) is 7.11 Å². The Hall–Kier alpha value is -2.69. The van der Waals surface area contributed by atoms with Gasteiger partial charge in [0.1, 0.15) is 5.75 Å². The number of fused-ring (bicyclic) bond motifs is 2. The highest BCUT2D eigenvalue weighted by Crippen LogP contribution is 2.48. The van der Waals surface area contributed by atoms with Crippen LogP contribution in [0.3, 0.4) is 0 Å². The molecule has 0 saturated carbocycles. The molecule has 2 aromatic rings. The molecule has 0 unspecified atom stereocenters. The second kappa shape index (κ2) is 5.16. The number of halogens is 1. The van der Waals surface area contributed by atoms with E-state index in [0.29, 0.717) is 34.4 Å². The summed E-state index contributed by atoms with van der Waals surface area (Å²) in [5, 5.41) is 0. The Labute approximate surface area is 138 Å². The molecule has 122 valence electrons. The Morgan fingerprint density at radius 2 is 1.88 bits per heavy atom. The van der Waals surface area contributed by atoms with Crippen LogP contribution in [0.15, 0.2) is 42.5 Å². The summed E-state index contributed by atoms with van der Waals surface area (Å²) >= 11 is 0. The smallest absolute Gasteiger partial charge is 0.339 e. The van der Waals surface area contributed by atoms with Crippen LogP contribution in [0.4, 0.5) is 4.39 Å². The van der Waals surface area contributed by atoms with Crippen molar-refractivity contribution < 1.29 is 23.5 Å². The van der Waals surface area contributed by atoms with Gasteiger partial charge in [-0.1, -0.05) is 30.3 Å². The van der Waals surface area contributed by atoms with Gasteiger partial charge < -0.3 is 9.47 Å². The maximum absolute atomic E-state index is 15.8. The standard InChI is InChI=1S/C19H15FO4/c1-23-15-8-4-7-12-11(15)9-10-19(20,16(12)21)17-13-5-2-3-6-14(13)18(22)24-17/h2-8,17H,9-10H2,1H3/t17-,19-/m0/s1. The summed E-state index contributed by atoms with van der Waals surface area (Å²) in [5.41, 5.74) is -0.505. The largest absolute Gasteiger partial charge is 0.496 e. The van der Waals surface area contributed by atoms with Crippen molar-refractivity contribution in [2.24, 2.45) is 0 Å². The summed E-state index contributed by atoms with van der Waals surface area (Å²) < 4.78 is 26.3. The van der Waals surface area contributed by atoms with Crippen LogP contribution in [0.1, 0.15) is 44.4 Å². The molecule has 4 rings (SSSR count). The van der Waals surface area contributed by atoms with Crippen LogP contribution in [-0.2, 0) is 11.2 Å². The number of carbonyl (C=O) groups is 2. The number of carbonyl (C=O) groups excluding carboxylic acids is 2. The number of cyclic esters (lactones) is 1. The number of hydrogen-bond donors (Lipinski definition) is 0. The number of Topliss-reactive ketones (excluding diaryl/α,β-unsaturated/α-hetero) is 1. The van der Waals surface area contributed by atoms with Crippen LogP contribution in [0.25, 0.3) is 0 Å². The zero-order chi connectivity index (χ0) is 16.9. The Morgan fingerprint density at radius 1 is 1.12 bits per heavy atom. The molecule has 2 aromatic carbocycles. The van der Waals surface area contributed by atoms with Gasteiger partial charge in [-0.25, -0.2) is 9.18 Å². The van der Waals surface area contributed by atoms with E-state index in [1.807, 2.05) is 0 Å². The number of rotatable bonds is 2. The van der Waals surface area contributed by atoms with E-state index in [1.54, 1.807) is 42.5 Å². The lowest BCUT2D eigenvalue weighted by molar-refractivity contribution is -0.0227. The second-order valence-corrected chi connectivity index (χ2v) is 6.05. The first kappa shape index (κ1) is 14.9. The SMILES string of the molecule is COc1cccc2c1CC[C@@](F)([C@H]1OC(=O)c3ccccc31)C2=O. The van der Waals surface area contributed by atoms with E-state index in [-0.39, 0.29) is 6.42 Å². The van der Waals surface area contributed by atoms with Crippen LogP contribution in [0.2, 0.25) is 0 Å². The quantitative estimate of drug-likeness (QED) is 0.793. The van der Waals surface area contributed by atoms with Crippen LogP contribution in [0, 0.1) is 0 Å². The van der Waals surface area contributed by atoms with E-state index in [9.17, 15) is 9.59 Å². The topological polar surface area (TPSA) is 52.6 Å². The van der Waals surface area contributed by atoms with E-state index in [0.717, 1.165) is 0 Å². The fourth-order valence-corrected chi connectivity index (χ4v) is 3.61. The monoisotopic (exact) mass is 326 g/mol. The maximum atomic E-state index is 15.8. The lowest BCUT2D eigenvalue weighted by Crippen LogP contribution is -2.44. The summed E-state index contributed by atoms with van der Waals surface area (Å²) in [6.07, 6.45) is -0.906. The Balaban J connectivity index is 1.80. The highest BCUT2D eigenvalue weighted by atomic mass is 19.1. The molecule has 2 atom stereocenters. The van der Waals surface area contributed by atoms with Gasteiger partial charge in [0, 0.05) is 16.7 Å². The van der Waals surface area contributed by atoms with Gasteiger partial charge in [-0.15, -0.1) is 0 Å². The minimum Gasteiger partial charge on any atom is -0.496 e. The Morgan fingerprint density at radius 3 is 2.67 bits per heavy atom. The van der Waals surface area contributed by atoms with Gasteiger partial charge in [0.15, 0.2) is 6.10 Å². The number of benzene rings is 2. The molecule has 4 nitrogen and oxygen atoms in total. The third kappa shape index (κ3) is 1.90. The van der Waals surface area contributed by atoms with Crippen molar-refractivity contribution in [1.82, 2.24) is 0 Å². The molecule has 0 N–H and O–H groups in total. The molecule has 2 aliphatic rings. The van der Waals surface area contributed by atoms with Crippen molar-refractivity contribution >= 4 is 11.8 Å². The van der Waals surface area contributed by atoms with Gasteiger partial charge in [0.2, 0.25) is 11.5 Å². The molecular weight excluding hydrogens is 311 g/mol. The zero-order valence-electron chi connectivity index (χ0n) is 13.0. The molecule has 0 spiro atoms. The number of hydrogen-bond acceptors (Lipinski definition) is 4.